The van der Waals surface area contributed by atoms with Gasteiger partial charge in [0, 0.05) is 5.75 Å². The highest BCUT2D eigenvalue weighted by Crippen LogP contribution is 2.26. The monoisotopic (exact) mass is 272 g/mol. The zero-order valence-corrected chi connectivity index (χ0v) is 11.6. The van der Waals surface area contributed by atoms with E-state index in [1.165, 1.54) is 6.42 Å². The van der Waals surface area contributed by atoms with Gasteiger partial charge in [-0.1, -0.05) is 0 Å². The fourth-order valence-corrected chi connectivity index (χ4v) is 2.70. The molecular weight excluding hydrogens is 256 g/mol. The van der Waals surface area contributed by atoms with E-state index in [9.17, 15) is 5.11 Å². The van der Waals surface area contributed by atoms with Crippen molar-refractivity contribution in [3.05, 3.63) is 23.3 Å². The number of anilines is 1. The molecule has 0 spiro atoms. The van der Waals surface area contributed by atoms with Crippen molar-refractivity contribution >= 4 is 22.6 Å². The van der Waals surface area contributed by atoms with Crippen molar-refractivity contribution in [2.24, 2.45) is 0 Å². The zero-order chi connectivity index (χ0) is 11.5. The second-order valence-corrected chi connectivity index (χ2v) is 5.14. The number of rotatable bonds is 1. The minimum absolute atomic E-state index is 0. The summed E-state index contributed by atoms with van der Waals surface area (Å²) in [6.45, 7) is 5.04. The molecular formula is C12H17ClN2OS. The van der Waals surface area contributed by atoms with Crippen LogP contribution in [0.15, 0.2) is 12.1 Å². The molecule has 0 radical (unpaired) electrons. The molecule has 1 aromatic carbocycles. The Morgan fingerprint density at radius 3 is 2.47 bits per heavy atom. The molecule has 5 heteroatoms. The zero-order valence-electron chi connectivity index (χ0n) is 10.0. The van der Waals surface area contributed by atoms with Crippen molar-refractivity contribution in [3.8, 4) is 5.75 Å². The smallest absolute Gasteiger partial charge is 0.309 e. The van der Waals surface area contributed by atoms with Gasteiger partial charge in [0.05, 0.1) is 6.54 Å². The fraction of sp³-hybridized carbons (Fsp3) is 0.417. The second kappa shape index (κ2) is 6.17. The summed E-state index contributed by atoms with van der Waals surface area (Å²) in [6.07, 6.45) is 1.21. The Morgan fingerprint density at radius 2 is 1.94 bits per heavy atom. The first kappa shape index (κ1) is 14.2. The minimum atomic E-state index is 0. The van der Waals surface area contributed by atoms with E-state index < -0.39 is 0 Å². The minimum Gasteiger partial charge on any atom is -1.00 e. The predicted octanol–water partition coefficient (Wildman–Crippen LogP) is -2.00. The predicted molar refractivity (Wildman–Crippen MR) is 69.1 cm³/mol. The third kappa shape index (κ3) is 3.54. The topological polar surface area (TPSA) is 46.2 Å². The van der Waals surface area contributed by atoms with Crippen molar-refractivity contribution in [1.29, 1.82) is 0 Å². The highest BCUT2D eigenvalue weighted by Gasteiger charge is 2.16. The number of benzene rings is 1. The van der Waals surface area contributed by atoms with E-state index >= 15 is 0 Å². The molecule has 1 aliphatic rings. The van der Waals surface area contributed by atoms with Gasteiger partial charge in [-0.15, -0.1) is 0 Å². The summed E-state index contributed by atoms with van der Waals surface area (Å²) in [4.78, 5) is 3.34. The number of aromatic hydroxyl groups is 1. The Morgan fingerprint density at radius 1 is 1.29 bits per heavy atom. The molecule has 1 heterocycles. The number of nitrogens with one attached hydrogen (secondary N) is 2. The first-order chi connectivity index (χ1) is 7.66. The van der Waals surface area contributed by atoms with E-state index in [1.807, 2.05) is 25.6 Å². The third-order valence-electron chi connectivity index (χ3n) is 2.61. The SMILES string of the molecule is Cc1cc(O)cc(C)c1NC1=[NH+]CCCS1.[Cl-]. The van der Waals surface area contributed by atoms with Crippen LogP contribution in [0.4, 0.5) is 5.69 Å². The van der Waals surface area contributed by atoms with Crippen molar-refractivity contribution in [2.75, 3.05) is 17.6 Å². The fourth-order valence-electron chi connectivity index (χ4n) is 1.83. The van der Waals surface area contributed by atoms with Crippen LogP contribution in [0.25, 0.3) is 0 Å². The van der Waals surface area contributed by atoms with Crippen LogP contribution >= 0.6 is 11.8 Å². The van der Waals surface area contributed by atoms with Crippen LogP contribution in [0.2, 0.25) is 0 Å². The number of thioether (sulfide) groups is 1. The molecule has 0 aliphatic carbocycles. The molecule has 0 saturated heterocycles. The average molecular weight is 273 g/mol. The number of aryl methyl sites for hydroxylation is 2. The Hall–Kier alpha value is -0.870. The molecule has 0 bridgehead atoms. The molecule has 0 amide bonds. The van der Waals surface area contributed by atoms with Crippen molar-refractivity contribution in [3.63, 3.8) is 0 Å². The van der Waals surface area contributed by atoms with Crippen molar-refractivity contribution in [2.45, 2.75) is 20.3 Å². The largest absolute Gasteiger partial charge is 1.00 e. The van der Waals surface area contributed by atoms with Gasteiger partial charge in [0.2, 0.25) is 0 Å². The molecule has 1 aliphatic heterocycles. The molecule has 0 saturated carbocycles. The number of hydrogen-bond acceptors (Lipinski definition) is 3. The van der Waals surface area contributed by atoms with Crippen LogP contribution in [0, 0.1) is 13.8 Å². The number of phenols is 1. The molecule has 0 atom stereocenters. The molecule has 3 nitrogen and oxygen atoms in total. The summed E-state index contributed by atoms with van der Waals surface area (Å²) >= 11 is 1.81. The van der Waals surface area contributed by atoms with E-state index in [0.717, 1.165) is 34.3 Å². The Labute approximate surface area is 112 Å². The standard InChI is InChI=1S/C12H16N2OS.ClH/c1-8-6-10(15)7-9(2)11(8)14-12-13-4-3-5-16-12;/h6-7,15H,3-5H2,1-2H3,(H,13,14);1H. The van der Waals surface area contributed by atoms with E-state index in [-0.39, 0.29) is 12.4 Å². The Bertz CT molecular complexity index is 412. The van der Waals surface area contributed by atoms with Gasteiger partial charge in [-0.05, 0) is 55.3 Å². The van der Waals surface area contributed by atoms with Crippen LogP contribution in [0.3, 0.4) is 0 Å². The summed E-state index contributed by atoms with van der Waals surface area (Å²) in [5.74, 6) is 1.49. The lowest BCUT2D eigenvalue weighted by Crippen LogP contribution is -3.00. The van der Waals surface area contributed by atoms with Crippen LogP contribution in [-0.4, -0.2) is 22.6 Å². The lowest BCUT2D eigenvalue weighted by atomic mass is 10.1. The molecule has 0 unspecified atom stereocenters. The van der Waals surface area contributed by atoms with Gasteiger partial charge in [0.25, 0.3) is 0 Å². The van der Waals surface area contributed by atoms with Gasteiger partial charge >= 0.3 is 5.17 Å². The molecule has 0 aromatic heterocycles. The number of phenolic OH excluding ortho intramolecular Hbond substituents is 1. The summed E-state index contributed by atoms with van der Waals surface area (Å²) < 4.78 is 0. The molecule has 94 valence electrons. The summed E-state index contributed by atoms with van der Waals surface area (Å²) in [5.41, 5.74) is 3.23. The van der Waals surface area contributed by atoms with Crippen LogP contribution < -0.4 is 22.7 Å². The van der Waals surface area contributed by atoms with Gasteiger partial charge in [0.1, 0.15) is 11.4 Å². The van der Waals surface area contributed by atoms with Gasteiger partial charge in [-0.3, -0.25) is 4.99 Å². The highest BCUT2D eigenvalue weighted by atomic mass is 35.5. The molecule has 0 fully saturated rings. The maximum Gasteiger partial charge on any atom is 0.309 e. The van der Waals surface area contributed by atoms with Gasteiger partial charge < -0.3 is 17.5 Å². The molecule has 17 heavy (non-hydrogen) atoms. The van der Waals surface area contributed by atoms with Gasteiger partial charge in [-0.25, -0.2) is 5.32 Å². The first-order valence-electron chi connectivity index (χ1n) is 5.47. The highest BCUT2D eigenvalue weighted by molar-refractivity contribution is 8.13. The summed E-state index contributed by atoms with van der Waals surface area (Å²) in [5, 5.41) is 14.0. The second-order valence-electron chi connectivity index (χ2n) is 4.04. The average Bonchev–Trinajstić information content (AvgIpc) is 2.25. The molecule has 2 rings (SSSR count). The summed E-state index contributed by atoms with van der Waals surface area (Å²) in [7, 11) is 0. The Balaban J connectivity index is 0.00000144. The van der Waals surface area contributed by atoms with E-state index in [0.29, 0.717) is 5.75 Å². The molecule has 3 N–H and O–H groups in total. The quantitative estimate of drug-likeness (QED) is 0.518. The lowest BCUT2D eigenvalue weighted by molar-refractivity contribution is -0.454. The van der Waals surface area contributed by atoms with Crippen LogP contribution in [0.1, 0.15) is 17.5 Å². The maximum atomic E-state index is 9.47. The third-order valence-corrected chi connectivity index (χ3v) is 3.64. The van der Waals surface area contributed by atoms with Gasteiger partial charge in [-0.2, -0.15) is 0 Å². The number of amidine groups is 1. The van der Waals surface area contributed by atoms with E-state index in [4.69, 9.17) is 0 Å². The number of halogens is 1. The normalized spacial score (nSPS) is 14.8. The van der Waals surface area contributed by atoms with Crippen LogP contribution in [-0.2, 0) is 0 Å². The van der Waals surface area contributed by atoms with Crippen molar-refractivity contribution < 1.29 is 22.5 Å². The summed E-state index contributed by atoms with van der Waals surface area (Å²) in [6, 6.07) is 3.56. The van der Waals surface area contributed by atoms with Crippen molar-refractivity contribution in [1.82, 2.24) is 0 Å². The van der Waals surface area contributed by atoms with E-state index in [1.54, 1.807) is 12.1 Å². The lowest BCUT2D eigenvalue weighted by Gasteiger charge is -2.11. The van der Waals surface area contributed by atoms with Gasteiger partial charge in [0.15, 0.2) is 0 Å². The maximum absolute atomic E-state index is 9.47. The Kier molecular flexibility index (Phi) is 5.15. The van der Waals surface area contributed by atoms with Crippen LogP contribution in [0.5, 0.6) is 5.75 Å². The molecule has 1 aromatic rings. The first-order valence-corrected chi connectivity index (χ1v) is 6.46. The number of hydrogen-bond donors (Lipinski definition) is 3. The van der Waals surface area contributed by atoms with E-state index in [2.05, 4.69) is 10.3 Å².